The Balaban J connectivity index is 1.47. The molecular weight excluding hydrogens is 400 g/mol. The van der Waals surface area contributed by atoms with Crippen molar-refractivity contribution >= 4 is 34.0 Å². The van der Waals surface area contributed by atoms with Gasteiger partial charge in [0.25, 0.3) is 5.91 Å². The van der Waals surface area contributed by atoms with Gasteiger partial charge in [-0.2, -0.15) is 0 Å². The highest BCUT2D eigenvalue weighted by Crippen LogP contribution is 2.28. The molecule has 2 aromatic carbocycles. The first-order chi connectivity index (χ1) is 15.7. The molecule has 0 radical (unpaired) electrons. The predicted molar refractivity (Wildman–Crippen MR) is 128 cm³/mol. The number of carbonyl (C=O) groups excluding carboxylic acids is 1. The minimum absolute atomic E-state index is 0.311. The molecule has 0 spiro atoms. The highest BCUT2D eigenvalue weighted by atomic mass is 16.5. The summed E-state index contributed by atoms with van der Waals surface area (Å²) in [5.41, 5.74) is 2.33. The van der Waals surface area contributed by atoms with Crippen molar-refractivity contribution in [1.29, 1.82) is 0 Å². The van der Waals surface area contributed by atoms with Crippen molar-refractivity contribution in [2.45, 2.75) is 58.0 Å². The van der Waals surface area contributed by atoms with Crippen molar-refractivity contribution in [3.05, 3.63) is 48.8 Å². The third kappa shape index (κ3) is 5.76. The van der Waals surface area contributed by atoms with Crippen molar-refractivity contribution < 1.29 is 9.53 Å². The Labute approximate surface area is 188 Å². The summed E-state index contributed by atoms with van der Waals surface area (Å²) in [6, 6.07) is 13.5. The molecule has 0 bridgehead atoms. The summed E-state index contributed by atoms with van der Waals surface area (Å²) < 4.78 is 6.23. The summed E-state index contributed by atoms with van der Waals surface area (Å²) >= 11 is 0. The fourth-order valence-electron chi connectivity index (χ4n) is 3.99. The Kier molecular flexibility index (Phi) is 7.19. The maximum absolute atomic E-state index is 11.8. The molecule has 1 aromatic heterocycles. The number of rotatable bonds is 5. The van der Waals surface area contributed by atoms with E-state index < -0.39 is 0 Å². The largest absolute Gasteiger partial charge is 0.490 e. The van der Waals surface area contributed by atoms with E-state index >= 15 is 0 Å². The van der Waals surface area contributed by atoms with Crippen molar-refractivity contribution in [2.24, 2.45) is 0 Å². The number of anilines is 3. The van der Waals surface area contributed by atoms with Crippen LogP contribution < -0.4 is 15.4 Å². The van der Waals surface area contributed by atoms with Gasteiger partial charge in [-0.15, -0.1) is 0 Å². The topological polar surface area (TPSA) is 76.1 Å². The number of ether oxygens (including phenoxy) is 1. The predicted octanol–water partition coefficient (Wildman–Crippen LogP) is 5.83. The summed E-state index contributed by atoms with van der Waals surface area (Å²) in [6.45, 7) is 1.63. The van der Waals surface area contributed by atoms with Gasteiger partial charge >= 0.3 is 0 Å². The van der Waals surface area contributed by atoms with Crippen molar-refractivity contribution in [3.8, 4) is 17.6 Å². The molecule has 1 heterocycles. The number of hydrogen-bond acceptors (Lipinski definition) is 5. The van der Waals surface area contributed by atoms with Crippen LogP contribution in [0.3, 0.4) is 0 Å². The zero-order valence-corrected chi connectivity index (χ0v) is 18.4. The Bertz CT molecular complexity index is 1120. The van der Waals surface area contributed by atoms with E-state index in [0.717, 1.165) is 35.2 Å². The number of carbonyl (C=O) groups is 1. The maximum Gasteiger partial charge on any atom is 0.300 e. The van der Waals surface area contributed by atoms with Gasteiger partial charge in [0.05, 0.1) is 11.6 Å². The molecule has 2 N–H and O–H groups in total. The summed E-state index contributed by atoms with van der Waals surface area (Å²) in [7, 11) is 0. The lowest BCUT2D eigenvalue weighted by molar-refractivity contribution is -0.111. The Morgan fingerprint density at radius 1 is 0.969 bits per heavy atom. The van der Waals surface area contributed by atoms with Crippen LogP contribution >= 0.6 is 0 Å². The lowest BCUT2D eigenvalue weighted by Gasteiger charge is -2.21. The summed E-state index contributed by atoms with van der Waals surface area (Å²) in [6.07, 6.45) is 10.6. The average molecular weight is 429 g/mol. The maximum atomic E-state index is 11.8. The zero-order chi connectivity index (χ0) is 22.2. The first-order valence-electron chi connectivity index (χ1n) is 11.2. The van der Waals surface area contributed by atoms with Gasteiger partial charge in [0, 0.05) is 16.8 Å². The van der Waals surface area contributed by atoms with E-state index in [1.165, 1.54) is 38.4 Å². The van der Waals surface area contributed by atoms with Gasteiger partial charge in [-0.1, -0.05) is 25.2 Å². The van der Waals surface area contributed by atoms with E-state index in [1.807, 2.05) is 36.4 Å². The summed E-state index contributed by atoms with van der Waals surface area (Å²) in [5, 5.41) is 6.93. The van der Waals surface area contributed by atoms with Crippen LogP contribution in [-0.4, -0.2) is 22.0 Å². The third-order valence-corrected chi connectivity index (χ3v) is 5.60. The first-order valence-corrected chi connectivity index (χ1v) is 11.2. The molecule has 4 rings (SSSR count). The Hall–Kier alpha value is -3.59. The van der Waals surface area contributed by atoms with Crippen LogP contribution in [0, 0.1) is 11.8 Å². The van der Waals surface area contributed by atoms with Crippen molar-refractivity contribution in [1.82, 2.24) is 9.97 Å². The van der Waals surface area contributed by atoms with Crippen LogP contribution in [0.4, 0.5) is 17.2 Å². The average Bonchev–Trinajstić information content (AvgIpc) is 2.77. The number of benzene rings is 2. The van der Waals surface area contributed by atoms with Crippen LogP contribution in [0.2, 0.25) is 0 Å². The summed E-state index contributed by atoms with van der Waals surface area (Å²) in [4.78, 5) is 20.5. The van der Waals surface area contributed by atoms with Crippen LogP contribution in [0.5, 0.6) is 5.75 Å². The Morgan fingerprint density at radius 2 is 1.69 bits per heavy atom. The van der Waals surface area contributed by atoms with E-state index in [4.69, 9.17) is 4.74 Å². The second-order valence-corrected chi connectivity index (χ2v) is 8.02. The number of hydrogen-bond donors (Lipinski definition) is 2. The van der Waals surface area contributed by atoms with Crippen LogP contribution in [0.15, 0.2) is 48.8 Å². The zero-order valence-electron chi connectivity index (χ0n) is 18.4. The fraction of sp³-hybridized carbons (Fsp3) is 0.346. The van der Waals surface area contributed by atoms with Crippen LogP contribution in [0.1, 0.15) is 51.9 Å². The SMILES string of the molecule is CC#CC(=O)Nc1ccc2ncnc(Nc3ccc(OC4CCCCCCC4)cc3)c2c1. The number of nitrogens with zero attached hydrogens (tertiary/aromatic N) is 2. The fourth-order valence-corrected chi connectivity index (χ4v) is 3.99. The Morgan fingerprint density at radius 3 is 2.44 bits per heavy atom. The lowest BCUT2D eigenvalue weighted by Crippen LogP contribution is -2.17. The molecule has 1 fully saturated rings. The number of fused-ring (bicyclic) bond motifs is 1. The van der Waals surface area contributed by atoms with E-state index in [9.17, 15) is 4.79 Å². The standard InChI is InChI=1S/C26H28N4O2/c1-2-8-25(31)29-20-13-16-24-23(17-20)26(28-18-27-24)30-19-11-14-22(15-12-19)32-21-9-6-4-3-5-7-10-21/h11-18,21H,3-7,9-10H2,1H3,(H,29,31)(H,27,28,30). The highest BCUT2D eigenvalue weighted by molar-refractivity contribution is 6.05. The molecule has 1 amide bonds. The number of aromatic nitrogens is 2. The van der Waals surface area contributed by atoms with Gasteiger partial charge in [-0.05, 0) is 81.0 Å². The van der Waals surface area contributed by atoms with E-state index in [-0.39, 0.29) is 5.91 Å². The summed E-state index contributed by atoms with van der Waals surface area (Å²) in [5.74, 6) is 6.29. The van der Waals surface area contributed by atoms with Gasteiger partial charge < -0.3 is 15.4 Å². The molecule has 6 heteroatoms. The highest BCUT2D eigenvalue weighted by Gasteiger charge is 2.13. The third-order valence-electron chi connectivity index (χ3n) is 5.60. The molecule has 0 aliphatic heterocycles. The minimum Gasteiger partial charge on any atom is -0.490 e. The van der Waals surface area contributed by atoms with Crippen LogP contribution in [0.25, 0.3) is 10.9 Å². The molecule has 0 atom stereocenters. The number of amides is 1. The monoisotopic (exact) mass is 428 g/mol. The normalized spacial score (nSPS) is 14.5. The molecule has 3 aromatic rings. The number of nitrogens with one attached hydrogen (secondary N) is 2. The first kappa shape index (κ1) is 21.6. The van der Waals surface area contributed by atoms with Gasteiger partial charge in [0.1, 0.15) is 17.9 Å². The van der Waals surface area contributed by atoms with E-state index in [0.29, 0.717) is 17.6 Å². The molecular formula is C26H28N4O2. The second kappa shape index (κ2) is 10.6. The molecule has 0 saturated heterocycles. The van der Waals surface area contributed by atoms with Crippen molar-refractivity contribution in [2.75, 3.05) is 10.6 Å². The van der Waals surface area contributed by atoms with E-state index in [1.54, 1.807) is 13.0 Å². The van der Waals surface area contributed by atoms with Gasteiger partial charge in [0.2, 0.25) is 0 Å². The molecule has 32 heavy (non-hydrogen) atoms. The van der Waals surface area contributed by atoms with E-state index in [2.05, 4.69) is 32.4 Å². The molecule has 1 aliphatic carbocycles. The van der Waals surface area contributed by atoms with Crippen LogP contribution in [-0.2, 0) is 4.79 Å². The van der Waals surface area contributed by atoms with Gasteiger partial charge in [-0.3, -0.25) is 4.79 Å². The van der Waals surface area contributed by atoms with Gasteiger partial charge in [-0.25, -0.2) is 9.97 Å². The molecule has 164 valence electrons. The molecule has 0 unspecified atom stereocenters. The molecule has 6 nitrogen and oxygen atoms in total. The molecule has 1 aliphatic rings. The van der Waals surface area contributed by atoms with Gasteiger partial charge in [0.15, 0.2) is 0 Å². The second-order valence-electron chi connectivity index (χ2n) is 8.02. The quantitative estimate of drug-likeness (QED) is 0.500. The molecule has 1 saturated carbocycles. The van der Waals surface area contributed by atoms with Crippen molar-refractivity contribution in [3.63, 3.8) is 0 Å². The minimum atomic E-state index is -0.349. The lowest BCUT2D eigenvalue weighted by atomic mass is 9.98. The smallest absolute Gasteiger partial charge is 0.300 e.